The zero-order valence-electron chi connectivity index (χ0n) is 13.2. The Hall–Kier alpha value is -0.450. The highest BCUT2D eigenvalue weighted by atomic mass is 32.2. The van der Waals surface area contributed by atoms with E-state index in [1.54, 1.807) is 0 Å². The summed E-state index contributed by atoms with van der Waals surface area (Å²) in [4.78, 5) is 2.48. The minimum absolute atomic E-state index is 0.677. The van der Waals surface area contributed by atoms with Gasteiger partial charge in [0.2, 0.25) is 0 Å². The van der Waals surface area contributed by atoms with Crippen LogP contribution in [0.4, 0.5) is 0 Å². The molecule has 2 rings (SSSR count). The lowest BCUT2D eigenvalue weighted by Crippen LogP contribution is -2.30. The highest BCUT2D eigenvalue weighted by Crippen LogP contribution is 2.24. The van der Waals surface area contributed by atoms with Crippen LogP contribution >= 0.6 is 11.8 Å². The molecular formula is C16H28N2OS. The van der Waals surface area contributed by atoms with Crippen molar-refractivity contribution < 1.29 is 4.42 Å². The zero-order valence-corrected chi connectivity index (χ0v) is 14.1. The maximum atomic E-state index is 5.87. The normalized spacial score (nSPS) is 19.4. The van der Waals surface area contributed by atoms with Crippen LogP contribution in [0.2, 0.25) is 0 Å². The molecule has 1 fully saturated rings. The molecule has 4 heteroatoms. The Morgan fingerprint density at radius 3 is 2.95 bits per heavy atom. The van der Waals surface area contributed by atoms with Gasteiger partial charge in [-0.25, -0.2) is 0 Å². The van der Waals surface area contributed by atoms with Crippen LogP contribution in [-0.4, -0.2) is 36.0 Å². The first kappa shape index (κ1) is 15.9. The molecular weight excluding hydrogens is 268 g/mol. The second-order valence-electron chi connectivity index (χ2n) is 6.25. The number of nitrogens with zero attached hydrogens (tertiary/aromatic N) is 1. The van der Waals surface area contributed by atoms with Crippen molar-refractivity contribution in [2.24, 2.45) is 5.92 Å². The third-order valence-electron chi connectivity index (χ3n) is 3.87. The van der Waals surface area contributed by atoms with Crippen LogP contribution in [0, 0.1) is 12.8 Å². The Bertz CT molecular complexity index is 411. The van der Waals surface area contributed by atoms with Gasteiger partial charge in [0, 0.05) is 23.9 Å². The molecule has 1 aliphatic heterocycles. The second-order valence-corrected chi connectivity index (χ2v) is 7.40. The van der Waals surface area contributed by atoms with Gasteiger partial charge in [0.1, 0.15) is 11.5 Å². The summed E-state index contributed by atoms with van der Waals surface area (Å²) >= 11 is 2.07. The molecule has 2 heterocycles. The van der Waals surface area contributed by atoms with E-state index in [0.717, 1.165) is 37.2 Å². The molecule has 1 atom stereocenters. The van der Waals surface area contributed by atoms with Gasteiger partial charge in [0.05, 0.1) is 6.54 Å². The highest BCUT2D eigenvalue weighted by molar-refractivity contribution is 7.99. The number of rotatable bonds is 7. The van der Waals surface area contributed by atoms with E-state index >= 15 is 0 Å². The lowest BCUT2D eigenvalue weighted by Gasteiger charge is -2.22. The van der Waals surface area contributed by atoms with Crippen LogP contribution in [0.1, 0.15) is 37.4 Å². The number of furan rings is 1. The van der Waals surface area contributed by atoms with Gasteiger partial charge in [-0.05, 0) is 44.7 Å². The van der Waals surface area contributed by atoms with Crippen LogP contribution in [0.5, 0.6) is 0 Å². The quantitative estimate of drug-likeness (QED) is 0.836. The summed E-state index contributed by atoms with van der Waals surface area (Å²) < 4.78 is 5.87. The van der Waals surface area contributed by atoms with Crippen LogP contribution in [0.15, 0.2) is 10.5 Å². The number of hydrogen-bond donors (Lipinski definition) is 1. The Kier molecular flexibility index (Phi) is 6.00. The molecule has 114 valence electrons. The molecule has 1 N–H and O–H groups in total. The topological polar surface area (TPSA) is 28.4 Å². The fourth-order valence-electron chi connectivity index (χ4n) is 2.58. The SMILES string of the molecule is Cc1oc(CNCC(C)C)cc1CN(C)C1CCSC1. The molecule has 0 spiro atoms. The van der Waals surface area contributed by atoms with Crippen molar-refractivity contribution in [1.82, 2.24) is 10.2 Å². The summed E-state index contributed by atoms with van der Waals surface area (Å²) in [6.07, 6.45) is 1.32. The van der Waals surface area contributed by atoms with E-state index in [1.807, 2.05) is 0 Å². The van der Waals surface area contributed by atoms with E-state index in [2.05, 4.69) is 55.9 Å². The van der Waals surface area contributed by atoms with Gasteiger partial charge < -0.3 is 9.73 Å². The third-order valence-corrected chi connectivity index (χ3v) is 5.02. The Morgan fingerprint density at radius 1 is 1.50 bits per heavy atom. The zero-order chi connectivity index (χ0) is 14.5. The smallest absolute Gasteiger partial charge is 0.118 e. The summed E-state index contributed by atoms with van der Waals surface area (Å²) in [7, 11) is 2.24. The largest absolute Gasteiger partial charge is 0.465 e. The van der Waals surface area contributed by atoms with Crippen LogP contribution in [0.3, 0.4) is 0 Å². The maximum Gasteiger partial charge on any atom is 0.118 e. The average molecular weight is 296 g/mol. The van der Waals surface area contributed by atoms with Crippen molar-refractivity contribution >= 4 is 11.8 Å². The molecule has 0 saturated carbocycles. The van der Waals surface area contributed by atoms with Crippen molar-refractivity contribution in [3.8, 4) is 0 Å². The molecule has 20 heavy (non-hydrogen) atoms. The van der Waals surface area contributed by atoms with E-state index in [4.69, 9.17) is 4.42 Å². The van der Waals surface area contributed by atoms with E-state index < -0.39 is 0 Å². The van der Waals surface area contributed by atoms with Crippen molar-refractivity contribution in [3.63, 3.8) is 0 Å². The lowest BCUT2D eigenvalue weighted by molar-refractivity contribution is 0.253. The molecule has 3 nitrogen and oxygen atoms in total. The van der Waals surface area contributed by atoms with Crippen molar-refractivity contribution in [2.75, 3.05) is 25.1 Å². The van der Waals surface area contributed by atoms with Crippen LogP contribution in [0.25, 0.3) is 0 Å². The molecule has 1 aromatic rings. The first-order valence-electron chi connectivity index (χ1n) is 7.63. The van der Waals surface area contributed by atoms with Gasteiger partial charge in [-0.2, -0.15) is 11.8 Å². The van der Waals surface area contributed by atoms with E-state index in [-0.39, 0.29) is 0 Å². The molecule has 0 amide bonds. The maximum absolute atomic E-state index is 5.87. The molecule has 0 radical (unpaired) electrons. The van der Waals surface area contributed by atoms with E-state index in [9.17, 15) is 0 Å². The third kappa shape index (κ3) is 4.54. The first-order chi connectivity index (χ1) is 9.56. The molecule has 1 aliphatic rings. The van der Waals surface area contributed by atoms with Gasteiger partial charge >= 0.3 is 0 Å². The minimum Gasteiger partial charge on any atom is -0.465 e. The fraction of sp³-hybridized carbons (Fsp3) is 0.750. The number of nitrogens with one attached hydrogen (secondary N) is 1. The Labute approximate surface area is 127 Å². The second kappa shape index (κ2) is 7.53. The van der Waals surface area contributed by atoms with Gasteiger partial charge in [0.15, 0.2) is 0 Å². The van der Waals surface area contributed by atoms with Gasteiger partial charge in [-0.1, -0.05) is 13.8 Å². The van der Waals surface area contributed by atoms with Crippen molar-refractivity contribution in [1.29, 1.82) is 0 Å². The monoisotopic (exact) mass is 296 g/mol. The lowest BCUT2D eigenvalue weighted by atomic mass is 10.2. The van der Waals surface area contributed by atoms with Crippen LogP contribution < -0.4 is 5.32 Å². The summed E-state index contributed by atoms with van der Waals surface area (Å²) in [5, 5.41) is 3.44. The summed E-state index contributed by atoms with van der Waals surface area (Å²) in [6.45, 7) is 9.40. The van der Waals surface area contributed by atoms with E-state index in [0.29, 0.717) is 5.92 Å². The fourth-order valence-corrected chi connectivity index (χ4v) is 3.88. The van der Waals surface area contributed by atoms with Crippen molar-refractivity contribution in [3.05, 3.63) is 23.2 Å². The van der Waals surface area contributed by atoms with Gasteiger partial charge in [-0.3, -0.25) is 4.90 Å². The predicted molar refractivity (Wildman–Crippen MR) is 87.2 cm³/mol. The van der Waals surface area contributed by atoms with Crippen molar-refractivity contribution in [2.45, 2.75) is 46.3 Å². The number of thioether (sulfide) groups is 1. The summed E-state index contributed by atoms with van der Waals surface area (Å²) in [5.41, 5.74) is 1.34. The molecule has 0 aromatic carbocycles. The van der Waals surface area contributed by atoms with Crippen LogP contribution in [-0.2, 0) is 13.1 Å². The standard InChI is InChI=1S/C16H28N2OS/c1-12(2)8-17-9-16-7-14(13(3)19-16)10-18(4)15-5-6-20-11-15/h7,12,15,17H,5-6,8-11H2,1-4H3. The van der Waals surface area contributed by atoms with E-state index in [1.165, 1.54) is 23.5 Å². The van der Waals surface area contributed by atoms with Gasteiger partial charge in [0.25, 0.3) is 0 Å². The first-order valence-corrected chi connectivity index (χ1v) is 8.78. The highest BCUT2D eigenvalue weighted by Gasteiger charge is 2.21. The number of aryl methyl sites for hydroxylation is 1. The average Bonchev–Trinajstić information content (AvgIpc) is 3.00. The predicted octanol–water partition coefficient (Wildman–Crippen LogP) is 3.27. The van der Waals surface area contributed by atoms with Gasteiger partial charge in [-0.15, -0.1) is 0 Å². The summed E-state index contributed by atoms with van der Waals surface area (Å²) in [6, 6.07) is 2.96. The molecule has 1 saturated heterocycles. The Balaban J connectivity index is 1.86. The molecule has 1 aromatic heterocycles. The minimum atomic E-state index is 0.677. The number of hydrogen-bond acceptors (Lipinski definition) is 4. The molecule has 1 unspecified atom stereocenters. The molecule has 0 bridgehead atoms. The summed E-state index contributed by atoms with van der Waals surface area (Å²) in [5.74, 6) is 5.40. The Morgan fingerprint density at radius 2 is 2.30 bits per heavy atom. The molecule has 0 aliphatic carbocycles.